The molecule has 0 aromatic heterocycles. The van der Waals surface area contributed by atoms with Crippen molar-refractivity contribution in [3.8, 4) is 0 Å². The van der Waals surface area contributed by atoms with E-state index in [1.165, 1.54) is 0 Å². The van der Waals surface area contributed by atoms with Gasteiger partial charge in [0.2, 0.25) is 17.7 Å². The topological polar surface area (TPSA) is 105 Å². The number of hydrogen-bond donors (Lipinski definition) is 3. The average molecular weight is 358 g/mol. The minimum atomic E-state index is -0.320. The van der Waals surface area contributed by atoms with Gasteiger partial charge < -0.3 is 16.4 Å². The van der Waals surface area contributed by atoms with Crippen LogP contribution in [0.15, 0.2) is 24.3 Å². The lowest BCUT2D eigenvalue weighted by Crippen LogP contribution is -2.46. The number of anilines is 1. The van der Waals surface area contributed by atoms with Crippen molar-refractivity contribution < 1.29 is 14.4 Å². The normalized spacial score (nSPS) is 20.9. The minimum absolute atomic E-state index is 0.00346. The molecule has 1 fully saturated rings. The summed E-state index contributed by atoms with van der Waals surface area (Å²) in [6.45, 7) is 1.80. The molecular formula is C19H26N4O3. The van der Waals surface area contributed by atoms with Gasteiger partial charge in [-0.3, -0.25) is 19.3 Å². The van der Waals surface area contributed by atoms with Gasteiger partial charge in [-0.1, -0.05) is 18.2 Å². The molecule has 2 aliphatic heterocycles. The summed E-state index contributed by atoms with van der Waals surface area (Å²) in [5.41, 5.74) is 7.21. The maximum atomic E-state index is 12.2. The minimum Gasteiger partial charge on any atom is -0.369 e. The average Bonchev–Trinajstić information content (AvgIpc) is 2.61. The van der Waals surface area contributed by atoms with E-state index in [2.05, 4.69) is 10.6 Å². The van der Waals surface area contributed by atoms with Crippen LogP contribution in [-0.4, -0.2) is 48.3 Å². The Morgan fingerprint density at radius 2 is 1.96 bits per heavy atom. The van der Waals surface area contributed by atoms with Gasteiger partial charge in [-0.05, 0) is 37.3 Å². The molecule has 3 amide bonds. The second-order valence-electron chi connectivity index (χ2n) is 7.17. The number of hydrogen-bond acceptors (Lipinski definition) is 4. The Kier molecular flexibility index (Phi) is 5.88. The number of carbonyl (C=O) groups is 3. The first-order chi connectivity index (χ1) is 12.5. The maximum absolute atomic E-state index is 12.2. The highest BCUT2D eigenvalue weighted by atomic mass is 16.2. The van der Waals surface area contributed by atoms with Crippen molar-refractivity contribution in [2.45, 2.75) is 38.1 Å². The van der Waals surface area contributed by atoms with Crippen molar-refractivity contribution in [3.63, 3.8) is 0 Å². The van der Waals surface area contributed by atoms with Crippen LogP contribution in [0.4, 0.5) is 5.69 Å². The predicted molar refractivity (Wildman–Crippen MR) is 98.3 cm³/mol. The van der Waals surface area contributed by atoms with E-state index in [-0.39, 0.29) is 36.2 Å². The van der Waals surface area contributed by atoms with Gasteiger partial charge >= 0.3 is 0 Å². The van der Waals surface area contributed by atoms with E-state index in [1.807, 2.05) is 29.2 Å². The van der Waals surface area contributed by atoms with Crippen LogP contribution in [0.1, 0.15) is 31.2 Å². The van der Waals surface area contributed by atoms with Gasteiger partial charge in [0.05, 0.1) is 6.54 Å². The molecule has 0 radical (unpaired) electrons. The Labute approximate surface area is 153 Å². The highest BCUT2D eigenvalue weighted by Crippen LogP contribution is 2.27. The molecule has 1 atom stereocenters. The fourth-order valence-electron chi connectivity index (χ4n) is 3.71. The summed E-state index contributed by atoms with van der Waals surface area (Å²) < 4.78 is 0. The van der Waals surface area contributed by atoms with Gasteiger partial charge in [0.25, 0.3) is 0 Å². The lowest BCUT2D eigenvalue weighted by atomic mass is 9.89. The second-order valence-corrected chi connectivity index (χ2v) is 7.17. The molecule has 0 bridgehead atoms. The van der Waals surface area contributed by atoms with Crippen LogP contribution in [0.2, 0.25) is 0 Å². The molecule has 0 saturated carbocycles. The first kappa shape index (κ1) is 18.4. The van der Waals surface area contributed by atoms with Crippen LogP contribution in [0.3, 0.4) is 0 Å². The molecule has 3 rings (SSSR count). The van der Waals surface area contributed by atoms with Crippen LogP contribution in [0.25, 0.3) is 0 Å². The van der Waals surface area contributed by atoms with Gasteiger partial charge in [-0.15, -0.1) is 0 Å². The number of rotatable bonds is 6. The number of benzene rings is 1. The molecule has 0 aliphatic carbocycles. The van der Waals surface area contributed by atoms with Gasteiger partial charge in [-0.25, -0.2) is 0 Å². The molecule has 2 heterocycles. The fourth-order valence-corrected chi connectivity index (χ4v) is 3.71. The van der Waals surface area contributed by atoms with Crippen LogP contribution in [-0.2, 0) is 20.8 Å². The number of amides is 3. The standard InChI is InChI=1S/C19H26N4O3/c20-17(24)12-23-9-7-15(8-10-23)21-18(25)6-5-14-11-13-3-1-2-4-16(13)22-19(14)26/h1-4,14-15H,5-12H2,(H2,20,24)(H,21,25)(H,22,26). The van der Waals surface area contributed by atoms with E-state index in [0.717, 1.165) is 37.2 Å². The largest absolute Gasteiger partial charge is 0.369 e. The third-order valence-electron chi connectivity index (χ3n) is 5.16. The van der Waals surface area contributed by atoms with Crippen molar-refractivity contribution in [1.82, 2.24) is 10.2 Å². The molecule has 1 saturated heterocycles. The summed E-state index contributed by atoms with van der Waals surface area (Å²) in [5, 5.41) is 5.97. The van der Waals surface area contributed by atoms with E-state index in [1.54, 1.807) is 0 Å². The number of nitrogens with one attached hydrogen (secondary N) is 2. The molecule has 4 N–H and O–H groups in total. The summed E-state index contributed by atoms with van der Waals surface area (Å²) in [4.78, 5) is 37.4. The molecule has 1 aromatic carbocycles. The number of nitrogens with zero attached hydrogens (tertiary/aromatic N) is 1. The van der Waals surface area contributed by atoms with E-state index in [0.29, 0.717) is 19.3 Å². The van der Waals surface area contributed by atoms with Crippen LogP contribution in [0, 0.1) is 5.92 Å². The summed E-state index contributed by atoms with van der Waals surface area (Å²) in [7, 11) is 0. The third kappa shape index (κ3) is 4.82. The van der Waals surface area contributed by atoms with Crippen molar-refractivity contribution >= 4 is 23.4 Å². The van der Waals surface area contributed by atoms with E-state index in [9.17, 15) is 14.4 Å². The highest BCUT2D eigenvalue weighted by molar-refractivity contribution is 5.96. The lowest BCUT2D eigenvalue weighted by molar-refractivity contribution is -0.124. The number of fused-ring (bicyclic) bond motifs is 1. The Morgan fingerprint density at radius 3 is 2.69 bits per heavy atom. The fraction of sp³-hybridized carbons (Fsp3) is 0.526. The lowest BCUT2D eigenvalue weighted by Gasteiger charge is -2.31. The van der Waals surface area contributed by atoms with Crippen LogP contribution >= 0.6 is 0 Å². The molecule has 26 heavy (non-hydrogen) atoms. The zero-order valence-corrected chi connectivity index (χ0v) is 14.9. The number of likely N-dealkylation sites (tertiary alicyclic amines) is 1. The number of nitrogens with two attached hydrogens (primary N) is 1. The Balaban J connectivity index is 1.41. The Morgan fingerprint density at radius 1 is 1.23 bits per heavy atom. The molecular weight excluding hydrogens is 332 g/mol. The quantitative estimate of drug-likeness (QED) is 0.694. The van der Waals surface area contributed by atoms with Crippen molar-refractivity contribution in [3.05, 3.63) is 29.8 Å². The molecule has 1 unspecified atom stereocenters. The smallest absolute Gasteiger partial charge is 0.231 e. The van der Waals surface area contributed by atoms with E-state index >= 15 is 0 Å². The zero-order chi connectivity index (χ0) is 18.5. The van der Waals surface area contributed by atoms with Crippen LogP contribution in [0.5, 0.6) is 0 Å². The summed E-state index contributed by atoms with van der Waals surface area (Å²) in [5.74, 6) is -0.492. The van der Waals surface area contributed by atoms with Crippen LogP contribution < -0.4 is 16.4 Å². The number of piperidine rings is 1. The predicted octanol–water partition coefficient (Wildman–Crippen LogP) is 0.643. The van der Waals surface area contributed by atoms with E-state index in [4.69, 9.17) is 5.73 Å². The summed E-state index contributed by atoms with van der Waals surface area (Å²) in [6.07, 6.45) is 3.21. The van der Waals surface area contributed by atoms with Gasteiger partial charge in [0.1, 0.15) is 0 Å². The summed E-state index contributed by atoms with van der Waals surface area (Å²) in [6, 6.07) is 7.92. The molecule has 7 heteroatoms. The van der Waals surface area contributed by atoms with Gasteiger partial charge in [0, 0.05) is 37.2 Å². The first-order valence-electron chi connectivity index (χ1n) is 9.20. The van der Waals surface area contributed by atoms with Crippen molar-refractivity contribution in [2.24, 2.45) is 11.7 Å². The Hall–Kier alpha value is -2.41. The Bertz CT molecular complexity index is 683. The molecule has 2 aliphatic rings. The maximum Gasteiger partial charge on any atom is 0.231 e. The first-order valence-corrected chi connectivity index (χ1v) is 9.20. The number of carbonyl (C=O) groups excluding carboxylic acids is 3. The van der Waals surface area contributed by atoms with Crippen molar-refractivity contribution in [2.75, 3.05) is 25.0 Å². The monoisotopic (exact) mass is 358 g/mol. The highest BCUT2D eigenvalue weighted by Gasteiger charge is 2.27. The van der Waals surface area contributed by atoms with Gasteiger partial charge in [-0.2, -0.15) is 0 Å². The number of primary amides is 1. The third-order valence-corrected chi connectivity index (χ3v) is 5.16. The van der Waals surface area contributed by atoms with Gasteiger partial charge in [0.15, 0.2) is 0 Å². The SMILES string of the molecule is NC(=O)CN1CCC(NC(=O)CCC2Cc3ccccc3NC2=O)CC1. The molecule has 1 aromatic rings. The molecule has 7 nitrogen and oxygen atoms in total. The second kappa shape index (κ2) is 8.31. The summed E-state index contributed by atoms with van der Waals surface area (Å²) >= 11 is 0. The number of para-hydroxylation sites is 1. The molecule has 140 valence electrons. The van der Waals surface area contributed by atoms with E-state index < -0.39 is 0 Å². The van der Waals surface area contributed by atoms with Crippen molar-refractivity contribution in [1.29, 1.82) is 0 Å². The zero-order valence-electron chi connectivity index (χ0n) is 14.9. The molecule has 0 spiro atoms.